The van der Waals surface area contributed by atoms with Crippen molar-refractivity contribution in [3.63, 3.8) is 0 Å². The van der Waals surface area contributed by atoms with Crippen LogP contribution in [0.5, 0.6) is 5.75 Å². The lowest BCUT2D eigenvalue weighted by Gasteiger charge is -2.50. The van der Waals surface area contributed by atoms with Gasteiger partial charge in [-0.3, -0.25) is 0 Å². The van der Waals surface area contributed by atoms with Crippen LogP contribution in [0.25, 0.3) is 0 Å². The van der Waals surface area contributed by atoms with Crippen molar-refractivity contribution in [2.45, 2.75) is 57.8 Å². The van der Waals surface area contributed by atoms with Gasteiger partial charge in [0.15, 0.2) is 0 Å². The van der Waals surface area contributed by atoms with Gasteiger partial charge in [-0.25, -0.2) is 0 Å². The highest BCUT2D eigenvalue weighted by atomic mass is 16.5. The van der Waals surface area contributed by atoms with Crippen LogP contribution in [0.4, 0.5) is 0 Å². The molecule has 1 aromatic carbocycles. The molecule has 0 saturated carbocycles. The highest BCUT2D eigenvalue weighted by Crippen LogP contribution is 2.52. The van der Waals surface area contributed by atoms with Crippen molar-refractivity contribution in [3.05, 3.63) is 29.8 Å². The average molecular weight is 246 g/mol. The molecule has 18 heavy (non-hydrogen) atoms. The second-order valence-electron chi connectivity index (χ2n) is 6.69. The number of benzene rings is 1. The topological polar surface area (TPSA) is 18.5 Å². The molecule has 2 nitrogen and oxygen atoms in total. The Morgan fingerprint density at radius 1 is 1.11 bits per heavy atom. The van der Waals surface area contributed by atoms with E-state index in [0.29, 0.717) is 5.92 Å². The molecule has 3 rings (SSSR count). The fourth-order valence-corrected chi connectivity index (χ4v) is 3.30. The first-order valence-corrected chi connectivity index (χ1v) is 6.85. The maximum atomic E-state index is 6.36. The SMILES string of the molecule is CC1(C)CC[C@@H]2[C@@H](O1)c1ccccc1OC2(C)C. The Labute approximate surface area is 109 Å². The molecule has 98 valence electrons. The Hall–Kier alpha value is -1.02. The van der Waals surface area contributed by atoms with Crippen LogP contribution < -0.4 is 4.74 Å². The van der Waals surface area contributed by atoms with Crippen LogP contribution in [0.3, 0.4) is 0 Å². The van der Waals surface area contributed by atoms with Crippen molar-refractivity contribution in [3.8, 4) is 5.75 Å². The summed E-state index contributed by atoms with van der Waals surface area (Å²) in [5.74, 6) is 1.43. The van der Waals surface area contributed by atoms with Crippen molar-refractivity contribution in [1.82, 2.24) is 0 Å². The minimum atomic E-state index is -0.143. The number of para-hydroxylation sites is 1. The summed E-state index contributed by atoms with van der Waals surface area (Å²) in [6.07, 6.45) is 2.44. The highest BCUT2D eigenvalue weighted by molar-refractivity contribution is 5.39. The van der Waals surface area contributed by atoms with Gasteiger partial charge in [0.2, 0.25) is 0 Å². The second kappa shape index (κ2) is 3.74. The Kier molecular flexibility index (Phi) is 2.50. The van der Waals surface area contributed by atoms with Gasteiger partial charge < -0.3 is 9.47 Å². The maximum absolute atomic E-state index is 6.36. The number of hydrogen-bond donors (Lipinski definition) is 0. The quantitative estimate of drug-likeness (QED) is 0.686. The van der Waals surface area contributed by atoms with Gasteiger partial charge in [0.25, 0.3) is 0 Å². The van der Waals surface area contributed by atoms with E-state index in [1.807, 2.05) is 6.07 Å². The molecule has 0 amide bonds. The Morgan fingerprint density at radius 3 is 2.61 bits per heavy atom. The van der Waals surface area contributed by atoms with Crippen molar-refractivity contribution < 1.29 is 9.47 Å². The normalized spacial score (nSPS) is 32.0. The van der Waals surface area contributed by atoms with Crippen molar-refractivity contribution >= 4 is 0 Å². The monoisotopic (exact) mass is 246 g/mol. The van der Waals surface area contributed by atoms with Gasteiger partial charge in [0.1, 0.15) is 11.4 Å². The van der Waals surface area contributed by atoms with Gasteiger partial charge in [-0.05, 0) is 46.6 Å². The minimum absolute atomic E-state index is 0.0261. The molecule has 0 aliphatic carbocycles. The van der Waals surface area contributed by atoms with Crippen LogP contribution in [0.2, 0.25) is 0 Å². The van der Waals surface area contributed by atoms with Crippen molar-refractivity contribution in [2.24, 2.45) is 5.92 Å². The van der Waals surface area contributed by atoms with E-state index < -0.39 is 0 Å². The third-order valence-electron chi connectivity index (χ3n) is 4.36. The molecule has 0 radical (unpaired) electrons. The molecule has 0 spiro atoms. The summed E-state index contributed by atoms with van der Waals surface area (Å²) in [6.45, 7) is 8.74. The number of rotatable bonds is 0. The maximum Gasteiger partial charge on any atom is 0.125 e. The van der Waals surface area contributed by atoms with E-state index in [4.69, 9.17) is 9.47 Å². The summed E-state index contributed by atoms with van der Waals surface area (Å²) in [6, 6.07) is 8.30. The molecule has 0 bridgehead atoms. The van der Waals surface area contributed by atoms with Gasteiger partial charge >= 0.3 is 0 Å². The lowest BCUT2D eigenvalue weighted by Crippen LogP contribution is -2.50. The zero-order valence-corrected chi connectivity index (χ0v) is 11.7. The number of fused-ring (bicyclic) bond motifs is 3. The standard InChI is InChI=1S/C16H22O2/c1-15(2)10-9-12-14(18-15)11-7-5-6-8-13(11)17-16(12,3)4/h5-8,12,14H,9-10H2,1-4H3/t12-,14+/m1/s1. The third-order valence-corrected chi connectivity index (χ3v) is 4.36. The zero-order valence-electron chi connectivity index (χ0n) is 11.7. The van der Waals surface area contributed by atoms with Crippen molar-refractivity contribution in [1.29, 1.82) is 0 Å². The van der Waals surface area contributed by atoms with Gasteiger partial charge in [-0.2, -0.15) is 0 Å². The molecule has 2 aliphatic rings. The lowest BCUT2D eigenvalue weighted by molar-refractivity contribution is -0.183. The van der Waals surface area contributed by atoms with E-state index in [9.17, 15) is 0 Å². The summed E-state index contributed by atoms with van der Waals surface area (Å²) in [4.78, 5) is 0. The molecule has 0 aromatic heterocycles. The Morgan fingerprint density at radius 2 is 1.83 bits per heavy atom. The molecule has 0 unspecified atom stereocenters. The summed E-state index contributed by atoms with van der Waals surface area (Å²) >= 11 is 0. The van der Waals surface area contributed by atoms with Gasteiger partial charge in [-0.15, -0.1) is 0 Å². The molecule has 0 N–H and O–H groups in total. The van der Waals surface area contributed by atoms with E-state index in [1.165, 1.54) is 12.0 Å². The van der Waals surface area contributed by atoms with E-state index in [1.54, 1.807) is 0 Å². The van der Waals surface area contributed by atoms with Gasteiger partial charge in [-0.1, -0.05) is 18.2 Å². The van der Waals surface area contributed by atoms with Crippen LogP contribution in [0.15, 0.2) is 24.3 Å². The first kappa shape index (κ1) is 12.0. The molecule has 2 heterocycles. The molecule has 2 aliphatic heterocycles. The van der Waals surface area contributed by atoms with Crippen LogP contribution in [-0.2, 0) is 4.74 Å². The van der Waals surface area contributed by atoms with E-state index in [0.717, 1.165) is 12.2 Å². The van der Waals surface area contributed by atoms with E-state index in [-0.39, 0.29) is 17.3 Å². The number of ether oxygens (including phenoxy) is 2. The lowest BCUT2D eigenvalue weighted by atomic mass is 9.73. The fourth-order valence-electron chi connectivity index (χ4n) is 3.30. The summed E-state index contributed by atoms with van der Waals surface area (Å²) in [5.41, 5.74) is 1.05. The minimum Gasteiger partial charge on any atom is -0.487 e. The zero-order chi connectivity index (χ0) is 13.0. The second-order valence-corrected chi connectivity index (χ2v) is 6.69. The van der Waals surface area contributed by atoms with Crippen LogP contribution >= 0.6 is 0 Å². The van der Waals surface area contributed by atoms with Crippen LogP contribution in [0, 0.1) is 5.92 Å². The number of hydrogen-bond acceptors (Lipinski definition) is 2. The molecule has 1 aromatic rings. The smallest absolute Gasteiger partial charge is 0.125 e. The van der Waals surface area contributed by atoms with Crippen LogP contribution in [-0.4, -0.2) is 11.2 Å². The summed E-state index contributed by atoms with van der Waals surface area (Å²) in [5, 5.41) is 0. The first-order valence-electron chi connectivity index (χ1n) is 6.85. The average Bonchev–Trinajstić information content (AvgIpc) is 2.26. The molecule has 1 saturated heterocycles. The fraction of sp³-hybridized carbons (Fsp3) is 0.625. The Bertz CT molecular complexity index is 462. The summed E-state index contributed by atoms with van der Waals surface area (Å²) in [7, 11) is 0. The molecule has 2 heteroatoms. The predicted octanol–water partition coefficient (Wildman–Crippen LogP) is 4.10. The molecular formula is C16H22O2. The predicted molar refractivity (Wildman–Crippen MR) is 71.8 cm³/mol. The molecule has 2 atom stereocenters. The summed E-state index contributed by atoms with van der Waals surface area (Å²) < 4.78 is 12.5. The third kappa shape index (κ3) is 1.83. The Balaban J connectivity index is 2.06. The van der Waals surface area contributed by atoms with Crippen molar-refractivity contribution in [2.75, 3.05) is 0 Å². The highest BCUT2D eigenvalue weighted by Gasteiger charge is 2.48. The van der Waals surface area contributed by atoms with Crippen LogP contribution in [0.1, 0.15) is 52.2 Å². The largest absolute Gasteiger partial charge is 0.487 e. The molecular weight excluding hydrogens is 224 g/mol. The van der Waals surface area contributed by atoms with Gasteiger partial charge in [0.05, 0.1) is 11.7 Å². The first-order chi connectivity index (χ1) is 8.39. The van der Waals surface area contributed by atoms with Gasteiger partial charge in [0, 0.05) is 11.5 Å². The molecule has 1 fully saturated rings. The van der Waals surface area contributed by atoms with E-state index >= 15 is 0 Å². The van der Waals surface area contributed by atoms with E-state index in [2.05, 4.69) is 45.9 Å².